The Hall–Kier alpha value is -2.56. The highest BCUT2D eigenvalue weighted by Crippen LogP contribution is 2.36. The zero-order chi connectivity index (χ0) is 21.3. The zero-order valence-electron chi connectivity index (χ0n) is 14.4. The number of aliphatic imine (C=N–C) groups is 1. The first-order valence-electron chi connectivity index (χ1n) is 7.80. The van der Waals surface area contributed by atoms with Crippen molar-refractivity contribution in [1.29, 1.82) is 0 Å². The average Bonchev–Trinajstić information content (AvgIpc) is 2.98. The number of cyclic esters (lactones) is 1. The summed E-state index contributed by atoms with van der Waals surface area (Å²) in [7, 11) is 0. The molecule has 1 aliphatic heterocycles. The van der Waals surface area contributed by atoms with E-state index >= 15 is 0 Å². The summed E-state index contributed by atoms with van der Waals surface area (Å²) in [4.78, 5) is 37.9. The van der Waals surface area contributed by atoms with E-state index in [1.165, 1.54) is 31.2 Å². The third-order valence-electron chi connectivity index (χ3n) is 3.58. The van der Waals surface area contributed by atoms with Gasteiger partial charge in [-0.3, -0.25) is 14.9 Å². The molecule has 2 aromatic carbocycles. The summed E-state index contributed by atoms with van der Waals surface area (Å²) in [6, 6.07) is 7.23. The van der Waals surface area contributed by atoms with Crippen molar-refractivity contribution >= 4 is 73.1 Å². The normalized spacial score (nSPS) is 14.6. The molecule has 0 fully saturated rings. The summed E-state index contributed by atoms with van der Waals surface area (Å²) in [5, 5.41) is 11.0. The number of esters is 2. The number of nitro groups is 1. The van der Waals surface area contributed by atoms with Gasteiger partial charge in [0.1, 0.15) is 5.02 Å². The second-order valence-corrected chi connectivity index (χ2v) is 7.78. The predicted molar refractivity (Wildman–Crippen MR) is 112 cm³/mol. The lowest BCUT2D eigenvalue weighted by molar-refractivity contribution is -0.384. The molecule has 0 unspecified atom stereocenters. The lowest BCUT2D eigenvalue weighted by atomic mass is 10.2. The lowest BCUT2D eigenvalue weighted by Gasteiger charge is -2.08. The van der Waals surface area contributed by atoms with Crippen LogP contribution in [0.1, 0.15) is 18.1 Å². The molecule has 11 heteroatoms. The van der Waals surface area contributed by atoms with Gasteiger partial charge in [-0.25, -0.2) is 9.79 Å². The molecule has 0 radical (unpaired) electrons. The molecule has 0 bridgehead atoms. The molecular weight excluding hydrogens is 535 g/mol. The molecule has 8 nitrogen and oxygen atoms in total. The summed E-state index contributed by atoms with van der Waals surface area (Å²) in [5.74, 6) is -0.973. The fourth-order valence-corrected chi connectivity index (χ4v) is 3.95. The highest BCUT2D eigenvalue weighted by atomic mass is 79.9. The van der Waals surface area contributed by atoms with Crippen molar-refractivity contribution < 1.29 is 24.0 Å². The maximum Gasteiger partial charge on any atom is 0.363 e. The number of carbonyl (C=O) groups is 2. The van der Waals surface area contributed by atoms with Gasteiger partial charge >= 0.3 is 11.9 Å². The molecule has 29 heavy (non-hydrogen) atoms. The first-order chi connectivity index (χ1) is 13.7. The molecular formula is C18H9Br2ClN2O6. The number of hydrogen-bond acceptors (Lipinski definition) is 7. The third kappa shape index (κ3) is 4.72. The van der Waals surface area contributed by atoms with Crippen LogP contribution < -0.4 is 4.74 Å². The molecule has 0 saturated heterocycles. The van der Waals surface area contributed by atoms with E-state index in [0.717, 1.165) is 0 Å². The molecule has 0 spiro atoms. The first-order valence-corrected chi connectivity index (χ1v) is 9.76. The summed E-state index contributed by atoms with van der Waals surface area (Å²) in [6.45, 7) is 1.28. The molecule has 0 amide bonds. The van der Waals surface area contributed by atoms with Crippen molar-refractivity contribution in [3.05, 3.63) is 71.2 Å². The summed E-state index contributed by atoms with van der Waals surface area (Å²) in [5.41, 5.74) is 0.481. The Balaban J connectivity index is 1.96. The number of halogens is 3. The highest BCUT2D eigenvalue weighted by molar-refractivity contribution is 9.11. The second-order valence-electron chi connectivity index (χ2n) is 5.67. The molecule has 0 aromatic heterocycles. The van der Waals surface area contributed by atoms with E-state index in [4.69, 9.17) is 21.1 Å². The fourth-order valence-electron chi connectivity index (χ4n) is 2.38. The van der Waals surface area contributed by atoms with Crippen LogP contribution in [0.3, 0.4) is 0 Å². The van der Waals surface area contributed by atoms with Crippen LogP contribution in [0.15, 0.2) is 50.0 Å². The van der Waals surface area contributed by atoms with Crippen LogP contribution in [0, 0.1) is 10.1 Å². The van der Waals surface area contributed by atoms with Crippen LogP contribution in [0.2, 0.25) is 5.02 Å². The molecule has 1 aliphatic rings. The number of ether oxygens (including phenoxy) is 2. The molecule has 2 aromatic rings. The molecule has 1 heterocycles. The Morgan fingerprint density at radius 2 is 1.93 bits per heavy atom. The number of benzene rings is 2. The van der Waals surface area contributed by atoms with Gasteiger partial charge < -0.3 is 9.47 Å². The van der Waals surface area contributed by atoms with Crippen LogP contribution in [-0.4, -0.2) is 22.8 Å². The van der Waals surface area contributed by atoms with Gasteiger partial charge in [0.05, 0.1) is 13.9 Å². The second kappa shape index (κ2) is 8.44. The third-order valence-corrected chi connectivity index (χ3v) is 5.08. The van der Waals surface area contributed by atoms with Gasteiger partial charge in [-0.2, -0.15) is 0 Å². The number of nitro benzene ring substituents is 1. The number of nitrogens with zero attached hydrogens (tertiary/aromatic N) is 2. The summed E-state index contributed by atoms with van der Waals surface area (Å²) in [6.07, 6.45) is 1.47. The van der Waals surface area contributed by atoms with Gasteiger partial charge in [0.25, 0.3) is 5.69 Å². The minimum Gasteiger partial charge on any atom is -0.424 e. The van der Waals surface area contributed by atoms with E-state index in [-0.39, 0.29) is 27.9 Å². The van der Waals surface area contributed by atoms with Gasteiger partial charge in [0.2, 0.25) is 5.90 Å². The van der Waals surface area contributed by atoms with E-state index in [1.54, 1.807) is 12.1 Å². The van der Waals surface area contributed by atoms with Crippen molar-refractivity contribution in [2.75, 3.05) is 0 Å². The van der Waals surface area contributed by atoms with E-state index in [2.05, 4.69) is 36.9 Å². The molecule has 148 valence electrons. The molecule has 0 N–H and O–H groups in total. The Bertz CT molecular complexity index is 1110. The van der Waals surface area contributed by atoms with Gasteiger partial charge in [-0.05, 0) is 67.8 Å². The maximum atomic E-state index is 12.2. The summed E-state index contributed by atoms with van der Waals surface area (Å²) < 4.78 is 11.2. The van der Waals surface area contributed by atoms with Crippen LogP contribution >= 0.6 is 43.5 Å². The highest BCUT2D eigenvalue weighted by Gasteiger charge is 2.26. The Labute approximate surface area is 185 Å². The number of carbonyl (C=O) groups excluding carboxylic acids is 2. The van der Waals surface area contributed by atoms with E-state index in [9.17, 15) is 19.7 Å². The SMILES string of the molecule is CC(=O)Oc1c(Br)cc(/C=C2\N=C(c3ccc(Cl)c([N+](=O)[O-])c3)OC2=O)cc1Br. The maximum absolute atomic E-state index is 12.2. The van der Waals surface area contributed by atoms with Gasteiger partial charge in [0.15, 0.2) is 11.4 Å². The topological polar surface area (TPSA) is 108 Å². The Morgan fingerprint density at radius 3 is 2.52 bits per heavy atom. The first kappa shape index (κ1) is 21.2. The standard InChI is InChI=1S/C18H9Br2ClN2O6/c1-8(24)28-16-11(19)4-9(5-12(16)20)6-14-18(25)29-17(22-14)10-2-3-13(21)15(7-10)23(26)27/h2-7H,1H3/b14-6-. The van der Waals surface area contributed by atoms with Crippen molar-refractivity contribution in [2.24, 2.45) is 4.99 Å². The van der Waals surface area contributed by atoms with Crippen molar-refractivity contribution in [1.82, 2.24) is 0 Å². The van der Waals surface area contributed by atoms with E-state index in [0.29, 0.717) is 20.3 Å². The minimum atomic E-state index is -0.714. The fraction of sp³-hybridized carbons (Fsp3) is 0.0556. The van der Waals surface area contributed by atoms with Gasteiger partial charge in [-0.15, -0.1) is 0 Å². The zero-order valence-corrected chi connectivity index (χ0v) is 18.4. The van der Waals surface area contributed by atoms with E-state index in [1.807, 2.05) is 0 Å². The summed E-state index contributed by atoms with van der Waals surface area (Å²) >= 11 is 12.4. The smallest absolute Gasteiger partial charge is 0.363 e. The largest absolute Gasteiger partial charge is 0.424 e. The monoisotopic (exact) mass is 542 g/mol. The quantitative estimate of drug-likeness (QED) is 0.175. The van der Waals surface area contributed by atoms with Crippen LogP contribution in [0.4, 0.5) is 5.69 Å². The van der Waals surface area contributed by atoms with Crippen molar-refractivity contribution in [3.8, 4) is 5.75 Å². The number of rotatable bonds is 4. The molecule has 0 atom stereocenters. The van der Waals surface area contributed by atoms with Crippen LogP contribution in [-0.2, 0) is 14.3 Å². The minimum absolute atomic E-state index is 0.00311. The van der Waals surface area contributed by atoms with Crippen molar-refractivity contribution in [3.63, 3.8) is 0 Å². The predicted octanol–water partition coefficient (Wildman–Crippen LogP) is 5.04. The van der Waals surface area contributed by atoms with Gasteiger partial charge in [-0.1, -0.05) is 11.6 Å². The van der Waals surface area contributed by atoms with Gasteiger partial charge in [0, 0.05) is 18.6 Å². The lowest BCUT2D eigenvalue weighted by Crippen LogP contribution is -2.06. The molecule has 0 saturated carbocycles. The molecule has 3 rings (SSSR count). The molecule has 0 aliphatic carbocycles. The Kier molecular flexibility index (Phi) is 6.15. The average molecular weight is 545 g/mol. The van der Waals surface area contributed by atoms with Crippen LogP contribution in [0.25, 0.3) is 6.08 Å². The number of hydrogen-bond donors (Lipinski definition) is 0. The van der Waals surface area contributed by atoms with Crippen LogP contribution in [0.5, 0.6) is 5.75 Å². The van der Waals surface area contributed by atoms with E-state index < -0.39 is 16.9 Å². The Morgan fingerprint density at radius 1 is 1.28 bits per heavy atom. The van der Waals surface area contributed by atoms with Crippen molar-refractivity contribution in [2.45, 2.75) is 6.92 Å².